The second-order valence-corrected chi connectivity index (χ2v) is 7.01. The van der Waals surface area contributed by atoms with Crippen LogP contribution in [0.4, 0.5) is 5.69 Å². The van der Waals surface area contributed by atoms with Gasteiger partial charge in [-0.3, -0.25) is 4.79 Å². The summed E-state index contributed by atoms with van der Waals surface area (Å²) < 4.78 is 12.3. The Morgan fingerprint density at radius 3 is 2.82 bits per heavy atom. The summed E-state index contributed by atoms with van der Waals surface area (Å²) in [6.45, 7) is 6.29. The minimum Gasteiger partial charge on any atom is -0.375 e. The van der Waals surface area contributed by atoms with Gasteiger partial charge < -0.3 is 14.2 Å². The van der Waals surface area contributed by atoms with Crippen LogP contribution >= 0.6 is 11.6 Å². The van der Waals surface area contributed by atoms with E-state index in [4.69, 9.17) is 20.9 Å². The number of pyridine rings is 1. The molecule has 4 rings (SSSR count). The summed E-state index contributed by atoms with van der Waals surface area (Å²) in [6, 6.07) is 5.10. The molecule has 0 amide bonds. The zero-order valence-electron chi connectivity index (χ0n) is 15.6. The van der Waals surface area contributed by atoms with Gasteiger partial charge in [0.1, 0.15) is 16.6 Å². The number of ether oxygens (including phenoxy) is 1. The summed E-state index contributed by atoms with van der Waals surface area (Å²) in [6.07, 6.45) is 3.56. The fourth-order valence-electron chi connectivity index (χ4n) is 3.18. The maximum Gasteiger partial charge on any atom is 0.269 e. The van der Waals surface area contributed by atoms with E-state index in [2.05, 4.69) is 20.1 Å². The summed E-state index contributed by atoms with van der Waals surface area (Å²) in [7, 11) is 0. The highest BCUT2D eigenvalue weighted by atomic mass is 35.5. The van der Waals surface area contributed by atoms with Crippen molar-refractivity contribution in [2.24, 2.45) is 0 Å². The Kier molecular flexibility index (Phi) is 5.15. The van der Waals surface area contributed by atoms with Gasteiger partial charge in [-0.1, -0.05) is 16.8 Å². The van der Waals surface area contributed by atoms with Gasteiger partial charge in [-0.15, -0.1) is 0 Å². The van der Waals surface area contributed by atoms with Gasteiger partial charge in [0.2, 0.25) is 0 Å². The van der Waals surface area contributed by atoms with Gasteiger partial charge in [0, 0.05) is 43.1 Å². The molecule has 28 heavy (non-hydrogen) atoms. The van der Waals surface area contributed by atoms with Crippen LogP contribution in [0.5, 0.6) is 0 Å². The summed E-state index contributed by atoms with van der Waals surface area (Å²) in [5, 5.41) is 8.84. The summed E-state index contributed by atoms with van der Waals surface area (Å²) >= 11 is 5.86. The lowest BCUT2D eigenvalue weighted by Gasteiger charge is -2.40. The lowest BCUT2D eigenvalue weighted by Crippen LogP contribution is -2.52. The number of hydrogen-bond acceptors (Lipinski definition) is 7. The largest absolute Gasteiger partial charge is 0.375 e. The number of aromatic nitrogens is 4. The van der Waals surface area contributed by atoms with Crippen molar-refractivity contribution in [1.82, 2.24) is 19.9 Å². The number of halogens is 1. The predicted octanol–water partition coefficient (Wildman–Crippen LogP) is 2.53. The van der Waals surface area contributed by atoms with E-state index in [1.54, 1.807) is 24.5 Å². The second-order valence-electron chi connectivity index (χ2n) is 6.63. The van der Waals surface area contributed by atoms with Crippen molar-refractivity contribution >= 4 is 17.3 Å². The summed E-state index contributed by atoms with van der Waals surface area (Å²) in [4.78, 5) is 18.7. The third-order valence-electron chi connectivity index (χ3n) is 4.76. The van der Waals surface area contributed by atoms with Gasteiger partial charge >= 0.3 is 0 Å². The Morgan fingerprint density at radius 1 is 1.32 bits per heavy atom. The van der Waals surface area contributed by atoms with E-state index in [-0.39, 0.29) is 18.2 Å². The molecule has 9 heteroatoms. The molecule has 1 saturated heterocycles. The number of nitrogens with zero attached hydrogens (tertiary/aromatic N) is 5. The quantitative estimate of drug-likeness (QED) is 0.586. The number of aryl methyl sites for hydroxylation is 1. The van der Waals surface area contributed by atoms with E-state index < -0.39 is 0 Å². The van der Waals surface area contributed by atoms with E-state index in [0.717, 1.165) is 29.9 Å². The maximum atomic E-state index is 12.6. The normalized spacial score (nSPS) is 14.3. The SMILES string of the molecule is CCOC1CN(c2cnn(Cc3c(-c4ccc(Cl)nc4)noc3C)c(=O)c2)C1. The van der Waals surface area contributed by atoms with E-state index >= 15 is 0 Å². The van der Waals surface area contributed by atoms with Crippen LogP contribution in [0.25, 0.3) is 11.3 Å². The average Bonchev–Trinajstić information content (AvgIpc) is 3.01. The second kappa shape index (κ2) is 7.73. The predicted molar refractivity (Wildman–Crippen MR) is 105 cm³/mol. The van der Waals surface area contributed by atoms with E-state index in [1.807, 2.05) is 19.9 Å². The van der Waals surface area contributed by atoms with Crippen LogP contribution in [0.15, 0.2) is 39.9 Å². The number of anilines is 1. The van der Waals surface area contributed by atoms with Gasteiger partial charge in [-0.05, 0) is 26.0 Å². The van der Waals surface area contributed by atoms with Crippen molar-refractivity contribution in [3.8, 4) is 11.3 Å². The van der Waals surface area contributed by atoms with Gasteiger partial charge in [0.05, 0.1) is 24.5 Å². The molecule has 0 N–H and O–H groups in total. The van der Waals surface area contributed by atoms with Crippen molar-refractivity contribution in [3.05, 3.63) is 57.4 Å². The van der Waals surface area contributed by atoms with Gasteiger partial charge in [0.15, 0.2) is 0 Å². The summed E-state index contributed by atoms with van der Waals surface area (Å²) in [5.41, 5.74) is 2.80. The van der Waals surface area contributed by atoms with E-state index in [0.29, 0.717) is 23.2 Å². The lowest BCUT2D eigenvalue weighted by atomic mass is 10.1. The van der Waals surface area contributed by atoms with Gasteiger partial charge in [-0.25, -0.2) is 9.67 Å². The van der Waals surface area contributed by atoms with Gasteiger partial charge in [-0.2, -0.15) is 5.10 Å². The number of rotatable bonds is 6. The topological polar surface area (TPSA) is 86.3 Å². The van der Waals surface area contributed by atoms with Crippen LogP contribution in [0.1, 0.15) is 18.2 Å². The Balaban J connectivity index is 1.55. The van der Waals surface area contributed by atoms with Crippen LogP contribution < -0.4 is 10.5 Å². The van der Waals surface area contributed by atoms with Gasteiger partial charge in [0.25, 0.3) is 5.56 Å². The lowest BCUT2D eigenvalue weighted by molar-refractivity contribution is 0.0430. The molecule has 1 fully saturated rings. The molecule has 0 aliphatic carbocycles. The Morgan fingerprint density at radius 2 is 2.14 bits per heavy atom. The highest BCUT2D eigenvalue weighted by Gasteiger charge is 2.28. The van der Waals surface area contributed by atoms with Crippen molar-refractivity contribution in [3.63, 3.8) is 0 Å². The standard InChI is InChI=1S/C19H20ClN5O3/c1-3-27-15-9-24(10-15)14-6-18(26)25(22-8-14)11-16-12(2)28-23-19(16)13-4-5-17(20)21-7-13/h4-8,15H,3,9-11H2,1-2H3. The smallest absolute Gasteiger partial charge is 0.269 e. The monoisotopic (exact) mass is 401 g/mol. The Hall–Kier alpha value is -2.71. The molecule has 1 aliphatic rings. The fourth-order valence-corrected chi connectivity index (χ4v) is 3.29. The summed E-state index contributed by atoms with van der Waals surface area (Å²) in [5.74, 6) is 0.630. The van der Waals surface area contributed by atoms with Crippen molar-refractivity contribution in [2.75, 3.05) is 24.6 Å². The molecule has 3 aromatic rings. The minimum absolute atomic E-state index is 0.182. The first-order valence-corrected chi connectivity index (χ1v) is 9.43. The third-order valence-corrected chi connectivity index (χ3v) is 4.99. The number of hydrogen-bond donors (Lipinski definition) is 0. The zero-order chi connectivity index (χ0) is 19.7. The molecule has 0 spiro atoms. The molecule has 4 heterocycles. The van der Waals surface area contributed by atoms with Crippen molar-refractivity contribution in [1.29, 1.82) is 0 Å². The molecule has 0 atom stereocenters. The molecule has 0 unspecified atom stereocenters. The molecule has 1 aliphatic heterocycles. The molecular formula is C19H20ClN5O3. The first-order valence-electron chi connectivity index (χ1n) is 9.06. The Bertz CT molecular complexity index is 1020. The van der Waals surface area contributed by atoms with Crippen molar-refractivity contribution in [2.45, 2.75) is 26.5 Å². The highest BCUT2D eigenvalue weighted by molar-refractivity contribution is 6.29. The molecule has 0 bridgehead atoms. The van der Waals surface area contributed by atoms with Crippen LogP contribution in [0, 0.1) is 6.92 Å². The maximum absolute atomic E-state index is 12.6. The molecule has 3 aromatic heterocycles. The van der Waals surface area contributed by atoms with Crippen molar-refractivity contribution < 1.29 is 9.26 Å². The molecule has 0 aromatic carbocycles. The molecule has 146 valence electrons. The molecule has 0 radical (unpaired) electrons. The first kappa shape index (κ1) is 18.6. The zero-order valence-corrected chi connectivity index (χ0v) is 16.4. The fraction of sp³-hybridized carbons (Fsp3) is 0.368. The van der Waals surface area contributed by atoms with Crippen LogP contribution in [-0.2, 0) is 11.3 Å². The molecular weight excluding hydrogens is 382 g/mol. The average molecular weight is 402 g/mol. The van der Waals surface area contributed by atoms with Crippen LogP contribution in [0.3, 0.4) is 0 Å². The van der Waals surface area contributed by atoms with E-state index in [9.17, 15) is 4.79 Å². The highest BCUT2D eigenvalue weighted by Crippen LogP contribution is 2.26. The first-order chi connectivity index (χ1) is 13.5. The minimum atomic E-state index is -0.182. The third kappa shape index (κ3) is 3.65. The van der Waals surface area contributed by atoms with Crippen LogP contribution in [-0.4, -0.2) is 45.7 Å². The van der Waals surface area contributed by atoms with E-state index in [1.165, 1.54) is 4.68 Å². The Labute approximate surface area is 166 Å². The molecule has 8 nitrogen and oxygen atoms in total. The van der Waals surface area contributed by atoms with Crippen LogP contribution in [0.2, 0.25) is 5.15 Å². The molecule has 0 saturated carbocycles.